The van der Waals surface area contributed by atoms with Gasteiger partial charge in [-0.25, -0.2) is 8.78 Å². The molecule has 0 aliphatic carbocycles. The van der Waals surface area contributed by atoms with E-state index in [-0.39, 0.29) is 13.0 Å². The van der Waals surface area contributed by atoms with Gasteiger partial charge in [-0.3, -0.25) is 4.79 Å². The molecule has 7 heteroatoms. The molecule has 1 aromatic carbocycles. The summed E-state index contributed by atoms with van der Waals surface area (Å²) in [4.78, 5) is 11.8. The molecule has 1 aromatic heterocycles. The van der Waals surface area contributed by atoms with E-state index in [1.54, 1.807) is 13.8 Å². The minimum Gasteiger partial charge on any atom is -0.386 e. The fourth-order valence-corrected chi connectivity index (χ4v) is 2.12. The summed E-state index contributed by atoms with van der Waals surface area (Å²) in [5, 5.41) is 16.0. The summed E-state index contributed by atoms with van der Waals surface area (Å²) in [5.41, 5.74) is 0.803. The lowest BCUT2D eigenvalue weighted by Gasteiger charge is -2.13. The first-order chi connectivity index (χ1) is 10.4. The zero-order valence-electron chi connectivity index (χ0n) is 12.2. The summed E-state index contributed by atoms with van der Waals surface area (Å²) < 4.78 is 31.9. The van der Waals surface area contributed by atoms with Crippen molar-refractivity contribution in [3.63, 3.8) is 0 Å². The van der Waals surface area contributed by atoms with Gasteiger partial charge < -0.3 is 14.9 Å². The lowest BCUT2D eigenvalue weighted by atomic mass is 10.1. The first kappa shape index (κ1) is 16.1. The summed E-state index contributed by atoms with van der Waals surface area (Å²) in [6.45, 7) is 3.11. The number of nitrogens with zero attached hydrogens (tertiary/aromatic N) is 1. The van der Waals surface area contributed by atoms with E-state index < -0.39 is 29.2 Å². The molecule has 0 aliphatic rings. The molecule has 0 spiro atoms. The second-order valence-electron chi connectivity index (χ2n) is 4.93. The number of aliphatic hydroxyl groups excluding tert-OH is 1. The predicted molar refractivity (Wildman–Crippen MR) is 74.0 cm³/mol. The molecule has 0 saturated carbocycles. The Balaban J connectivity index is 1.96. The van der Waals surface area contributed by atoms with Crippen LogP contribution in [0.25, 0.3) is 0 Å². The van der Waals surface area contributed by atoms with Gasteiger partial charge in [-0.1, -0.05) is 11.2 Å². The number of amides is 1. The van der Waals surface area contributed by atoms with Crippen LogP contribution in [-0.2, 0) is 11.2 Å². The summed E-state index contributed by atoms with van der Waals surface area (Å²) in [6, 6.07) is 3.30. The van der Waals surface area contributed by atoms with Crippen molar-refractivity contribution in [1.82, 2.24) is 10.5 Å². The molecule has 5 nitrogen and oxygen atoms in total. The van der Waals surface area contributed by atoms with Crippen LogP contribution in [0.1, 0.15) is 28.7 Å². The van der Waals surface area contributed by atoms with Crippen molar-refractivity contribution < 1.29 is 23.2 Å². The SMILES string of the molecule is Cc1noc(C)c1CC(=O)NC[C@@H](O)c1c(F)cccc1F. The van der Waals surface area contributed by atoms with E-state index in [9.17, 15) is 18.7 Å². The number of aryl methyl sites for hydroxylation is 2. The minimum absolute atomic E-state index is 0.0215. The largest absolute Gasteiger partial charge is 0.386 e. The molecule has 2 N–H and O–H groups in total. The van der Waals surface area contributed by atoms with E-state index >= 15 is 0 Å². The van der Waals surface area contributed by atoms with E-state index in [0.717, 1.165) is 12.1 Å². The lowest BCUT2D eigenvalue weighted by molar-refractivity contribution is -0.121. The maximum atomic E-state index is 13.5. The Morgan fingerprint density at radius 1 is 1.36 bits per heavy atom. The van der Waals surface area contributed by atoms with Crippen LogP contribution < -0.4 is 5.32 Å². The van der Waals surface area contributed by atoms with E-state index in [1.807, 2.05) is 0 Å². The molecule has 1 atom stereocenters. The van der Waals surface area contributed by atoms with Crippen LogP contribution >= 0.6 is 0 Å². The molecule has 1 amide bonds. The number of hydrogen-bond donors (Lipinski definition) is 2. The van der Waals surface area contributed by atoms with Gasteiger partial charge >= 0.3 is 0 Å². The second-order valence-corrected chi connectivity index (χ2v) is 4.93. The standard InChI is InChI=1S/C15H16F2N2O3/c1-8-10(9(2)22-19-8)6-14(21)18-7-13(20)15-11(16)4-3-5-12(15)17/h3-5,13,20H,6-7H2,1-2H3,(H,18,21)/t13-/m1/s1. The smallest absolute Gasteiger partial charge is 0.224 e. The maximum Gasteiger partial charge on any atom is 0.224 e. The van der Waals surface area contributed by atoms with Gasteiger partial charge in [0.05, 0.1) is 17.7 Å². The van der Waals surface area contributed by atoms with Crippen LogP contribution in [0.4, 0.5) is 8.78 Å². The summed E-state index contributed by atoms with van der Waals surface area (Å²) >= 11 is 0. The zero-order valence-corrected chi connectivity index (χ0v) is 12.2. The van der Waals surface area contributed by atoms with Crippen LogP contribution in [0.2, 0.25) is 0 Å². The lowest BCUT2D eigenvalue weighted by Crippen LogP contribution is -2.30. The van der Waals surface area contributed by atoms with Crippen LogP contribution in [0.3, 0.4) is 0 Å². The van der Waals surface area contributed by atoms with Crippen molar-refractivity contribution in [3.8, 4) is 0 Å². The molecular formula is C15H16F2N2O3. The number of aliphatic hydroxyl groups is 1. The third kappa shape index (κ3) is 3.48. The van der Waals surface area contributed by atoms with Crippen LogP contribution in [0, 0.1) is 25.5 Å². The molecule has 2 aromatic rings. The van der Waals surface area contributed by atoms with Gasteiger partial charge in [-0.05, 0) is 26.0 Å². The van der Waals surface area contributed by atoms with Gasteiger partial charge in [0.25, 0.3) is 0 Å². The van der Waals surface area contributed by atoms with E-state index in [4.69, 9.17) is 4.52 Å². The Kier molecular flexibility index (Phi) is 4.87. The predicted octanol–water partition coefficient (Wildman–Crippen LogP) is 1.96. The molecule has 0 saturated heterocycles. The molecule has 1 heterocycles. The van der Waals surface area contributed by atoms with E-state index in [1.165, 1.54) is 6.07 Å². The molecule has 0 unspecified atom stereocenters. The highest BCUT2D eigenvalue weighted by Crippen LogP contribution is 2.20. The van der Waals surface area contributed by atoms with Crippen molar-refractivity contribution in [1.29, 1.82) is 0 Å². The first-order valence-electron chi connectivity index (χ1n) is 6.70. The summed E-state index contributed by atoms with van der Waals surface area (Å²) in [6.07, 6.45) is -1.44. The molecule has 118 valence electrons. The van der Waals surface area contributed by atoms with Gasteiger partial charge in [0.15, 0.2) is 0 Å². The highest BCUT2D eigenvalue weighted by molar-refractivity contribution is 5.79. The Labute approximate surface area is 125 Å². The van der Waals surface area contributed by atoms with Crippen molar-refractivity contribution in [2.75, 3.05) is 6.54 Å². The van der Waals surface area contributed by atoms with Crippen molar-refractivity contribution in [2.24, 2.45) is 0 Å². The molecule has 2 rings (SSSR count). The topological polar surface area (TPSA) is 75.4 Å². The normalized spacial score (nSPS) is 12.2. The van der Waals surface area contributed by atoms with Gasteiger partial charge in [-0.15, -0.1) is 0 Å². The van der Waals surface area contributed by atoms with E-state index in [0.29, 0.717) is 17.0 Å². The number of carbonyl (C=O) groups excluding carboxylic acids is 1. The van der Waals surface area contributed by atoms with E-state index in [2.05, 4.69) is 10.5 Å². The molecule has 0 bridgehead atoms. The number of aromatic nitrogens is 1. The average molecular weight is 310 g/mol. The molecular weight excluding hydrogens is 294 g/mol. The minimum atomic E-state index is -1.46. The van der Waals surface area contributed by atoms with Gasteiger partial charge in [0.1, 0.15) is 23.5 Å². The van der Waals surface area contributed by atoms with Gasteiger partial charge in [0, 0.05) is 12.1 Å². The summed E-state index contributed by atoms with van der Waals surface area (Å²) in [7, 11) is 0. The number of hydrogen-bond acceptors (Lipinski definition) is 4. The van der Waals surface area contributed by atoms with Crippen LogP contribution in [-0.4, -0.2) is 22.7 Å². The van der Waals surface area contributed by atoms with Crippen molar-refractivity contribution >= 4 is 5.91 Å². The fourth-order valence-electron chi connectivity index (χ4n) is 2.12. The Bertz CT molecular complexity index is 646. The van der Waals surface area contributed by atoms with Crippen molar-refractivity contribution in [2.45, 2.75) is 26.4 Å². The van der Waals surface area contributed by atoms with Crippen LogP contribution in [0.15, 0.2) is 22.7 Å². The summed E-state index contributed by atoms with van der Waals surface area (Å²) in [5.74, 6) is -1.57. The number of nitrogens with one attached hydrogen (secondary N) is 1. The molecule has 22 heavy (non-hydrogen) atoms. The second kappa shape index (κ2) is 6.65. The molecule has 0 aliphatic heterocycles. The number of halogens is 2. The quantitative estimate of drug-likeness (QED) is 0.885. The third-order valence-electron chi connectivity index (χ3n) is 3.34. The third-order valence-corrected chi connectivity index (χ3v) is 3.34. The Hall–Kier alpha value is -2.28. The highest BCUT2D eigenvalue weighted by Gasteiger charge is 2.19. The zero-order chi connectivity index (χ0) is 16.3. The number of carbonyl (C=O) groups is 1. The first-order valence-corrected chi connectivity index (χ1v) is 6.70. The maximum absolute atomic E-state index is 13.5. The molecule has 0 fully saturated rings. The average Bonchev–Trinajstić information content (AvgIpc) is 2.77. The fraction of sp³-hybridized carbons (Fsp3) is 0.333. The van der Waals surface area contributed by atoms with Gasteiger partial charge in [-0.2, -0.15) is 0 Å². The Morgan fingerprint density at radius 2 is 2.00 bits per heavy atom. The number of rotatable bonds is 5. The van der Waals surface area contributed by atoms with Crippen molar-refractivity contribution in [3.05, 3.63) is 52.4 Å². The number of benzene rings is 1. The Morgan fingerprint density at radius 3 is 2.55 bits per heavy atom. The van der Waals surface area contributed by atoms with Gasteiger partial charge in [0.2, 0.25) is 5.91 Å². The monoisotopic (exact) mass is 310 g/mol. The highest BCUT2D eigenvalue weighted by atomic mass is 19.1. The van der Waals surface area contributed by atoms with Crippen LogP contribution in [0.5, 0.6) is 0 Å². The molecule has 0 radical (unpaired) electrons.